The number of nitrogens with zero attached hydrogens (tertiary/aromatic N) is 1. The van der Waals surface area contributed by atoms with Gasteiger partial charge in [-0.3, -0.25) is 0 Å². The van der Waals surface area contributed by atoms with Crippen molar-refractivity contribution in [3.8, 4) is 0 Å². The van der Waals surface area contributed by atoms with Gasteiger partial charge in [-0.2, -0.15) is 11.3 Å². The molecule has 1 aliphatic carbocycles. The van der Waals surface area contributed by atoms with Crippen LogP contribution in [0.2, 0.25) is 0 Å². The topological polar surface area (TPSA) is 29.3 Å². The summed E-state index contributed by atoms with van der Waals surface area (Å²) in [7, 11) is 0. The van der Waals surface area contributed by atoms with E-state index in [4.69, 9.17) is 5.73 Å². The van der Waals surface area contributed by atoms with Crippen LogP contribution in [0.5, 0.6) is 0 Å². The molecule has 1 heterocycles. The summed E-state index contributed by atoms with van der Waals surface area (Å²) < 4.78 is 0. The Bertz CT molecular complexity index is 562. The molecule has 1 saturated carbocycles. The molecule has 0 atom stereocenters. The quantitative estimate of drug-likeness (QED) is 0.815. The Balaban J connectivity index is 1.95. The number of hydrogen-bond acceptors (Lipinski definition) is 4. The minimum atomic E-state index is 0.610. The van der Waals surface area contributed by atoms with E-state index in [1.807, 2.05) is 0 Å². The Labute approximate surface area is 129 Å². The largest absolute Gasteiger partial charge is 0.364 e. The summed E-state index contributed by atoms with van der Waals surface area (Å²) in [5.41, 5.74) is 10.0. The fraction of sp³-hybridized carbons (Fsp3) is 0.375. The molecule has 0 radical (unpaired) electrons. The fourth-order valence-electron chi connectivity index (χ4n) is 2.60. The van der Waals surface area contributed by atoms with E-state index in [9.17, 15) is 0 Å². The monoisotopic (exact) mass is 304 g/mol. The van der Waals surface area contributed by atoms with Gasteiger partial charge in [-0.05, 0) is 53.6 Å². The number of anilines is 1. The molecule has 1 aliphatic rings. The molecule has 106 valence electrons. The van der Waals surface area contributed by atoms with Gasteiger partial charge in [-0.15, -0.1) is 11.8 Å². The summed E-state index contributed by atoms with van der Waals surface area (Å²) in [6, 6.07) is 9.47. The molecule has 2 nitrogen and oxygen atoms in total. The van der Waals surface area contributed by atoms with Crippen LogP contribution >= 0.6 is 23.1 Å². The van der Waals surface area contributed by atoms with Gasteiger partial charge in [0.2, 0.25) is 0 Å². The number of benzene rings is 1. The maximum absolute atomic E-state index is 6.02. The van der Waals surface area contributed by atoms with E-state index in [-0.39, 0.29) is 0 Å². The van der Waals surface area contributed by atoms with Crippen LogP contribution in [0.3, 0.4) is 0 Å². The first-order chi connectivity index (χ1) is 9.83. The first kappa shape index (κ1) is 14.0. The van der Waals surface area contributed by atoms with Gasteiger partial charge in [0.15, 0.2) is 0 Å². The molecule has 1 fully saturated rings. The summed E-state index contributed by atoms with van der Waals surface area (Å²) in [4.78, 5) is 3.85. The van der Waals surface area contributed by atoms with Gasteiger partial charge in [0, 0.05) is 35.3 Å². The van der Waals surface area contributed by atoms with Crippen LogP contribution in [0.1, 0.15) is 24.0 Å². The van der Waals surface area contributed by atoms with Gasteiger partial charge in [0.25, 0.3) is 0 Å². The lowest BCUT2D eigenvalue weighted by atomic mass is 10.1. The highest BCUT2D eigenvalue weighted by atomic mass is 32.2. The highest BCUT2D eigenvalue weighted by molar-refractivity contribution is 7.98. The number of rotatable bonds is 6. The zero-order valence-corrected chi connectivity index (χ0v) is 13.3. The molecule has 0 saturated heterocycles. The van der Waals surface area contributed by atoms with Crippen molar-refractivity contribution in [3.05, 3.63) is 46.2 Å². The number of nitrogens with two attached hydrogens (primary N) is 1. The van der Waals surface area contributed by atoms with Gasteiger partial charge in [0.1, 0.15) is 0 Å². The maximum atomic E-state index is 6.02. The standard InChI is InChI=1S/C16H20N2S2/c1-19-16-4-2-3-15(14(16)9-17)18(13-5-6-13)10-12-7-8-20-11-12/h2-4,7-8,11,13H,5-6,9-10,17H2,1H3. The van der Waals surface area contributed by atoms with Crippen molar-refractivity contribution in [2.24, 2.45) is 5.73 Å². The molecule has 1 aromatic heterocycles. The zero-order chi connectivity index (χ0) is 13.9. The smallest absolute Gasteiger partial charge is 0.0440 e. The van der Waals surface area contributed by atoms with Crippen molar-refractivity contribution < 1.29 is 0 Å². The second-order valence-corrected chi connectivity index (χ2v) is 6.78. The third-order valence-electron chi connectivity index (χ3n) is 3.76. The van der Waals surface area contributed by atoms with E-state index in [0.29, 0.717) is 12.6 Å². The lowest BCUT2D eigenvalue weighted by Gasteiger charge is -2.27. The van der Waals surface area contributed by atoms with Crippen LogP contribution in [-0.4, -0.2) is 12.3 Å². The van der Waals surface area contributed by atoms with Crippen molar-refractivity contribution in [2.45, 2.75) is 36.9 Å². The second-order valence-electron chi connectivity index (χ2n) is 5.15. The fourth-order valence-corrected chi connectivity index (χ4v) is 3.90. The molecule has 20 heavy (non-hydrogen) atoms. The first-order valence-corrected chi connectivity index (χ1v) is 9.14. The lowest BCUT2D eigenvalue weighted by Crippen LogP contribution is -2.26. The lowest BCUT2D eigenvalue weighted by molar-refractivity contribution is 0.784. The van der Waals surface area contributed by atoms with Crippen LogP contribution in [0.25, 0.3) is 0 Å². The first-order valence-electron chi connectivity index (χ1n) is 6.97. The minimum Gasteiger partial charge on any atom is -0.364 e. The average molecular weight is 304 g/mol. The van der Waals surface area contributed by atoms with Crippen molar-refractivity contribution in [2.75, 3.05) is 11.2 Å². The third-order valence-corrected chi connectivity index (χ3v) is 5.32. The van der Waals surface area contributed by atoms with Crippen LogP contribution in [0, 0.1) is 0 Å². The van der Waals surface area contributed by atoms with E-state index in [0.717, 1.165) is 6.54 Å². The van der Waals surface area contributed by atoms with Gasteiger partial charge in [0.05, 0.1) is 0 Å². The SMILES string of the molecule is CSc1cccc(N(Cc2ccsc2)C2CC2)c1CN. The van der Waals surface area contributed by atoms with Crippen molar-refractivity contribution >= 4 is 28.8 Å². The van der Waals surface area contributed by atoms with E-state index in [2.05, 4.69) is 46.2 Å². The molecule has 0 aliphatic heterocycles. The number of thioether (sulfide) groups is 1. The molecule has 2 aromatic rings. The van der Waals surface area contributed by atoms with E-state index >= 15 is 0 Å². The number of thiophene rings is 1. The summed E-state index contributed by atoms with van der Waals surface area (Å²) in [6.07, 6.45) is 4.73. The Kier molecular flexibility index (Phi) is 4.34. The predicted molar refractivity (Wildman–Crippen MR) is 89.6 cm³/mol. The van der Waals surface area contributed by atoms with Crippen LogP contribution in [-0.2, 0) is 13.1 Å². The van der Waals surface area contributed by atoms with E-state index in [1.165, 1.54) is 34.6 Å². The van der Waals surface area contributed by atoms with Crippen molar-refractivity contribution in [1.82, 2.24) is 0 Å². The highest BCUT2D eigenvalue weighted by Crippen LogP contribution is 2.37. The Morgan fingerprint density at radius 3 is 2.80 bits per heavy atom. The minimum absolute atomic E-state index is 0.610. The normalized spacial score (nSPS) is 14.5. The average Bonchev–Trinajstić information content (AvgIpc) is 3.20. The van der Waals surface area contributed by atoms with Crippen molar-refractivity contribution in [1.29, 1.82) is 0 Å². The van der Waals surface area contributed by atoms with Crippen LogP contribution < -0.4 is 10.6 Å². The van der Waals surface area contributed by atoms with Crippen LogP contribution in [0.15, 0.2) is 39.9 Å². The summed E-state index contributed by atoms with van der Waals surface area (Å²) >= 11 is 3.56. The Morgan fingerprint density at radius 2 is 2.20 bits per heavy atom. The summed E-state index contributed by atoms with van der Waals surface area (Å²) in [6.45, 7) is 1.61. The van der Waals surface area contributed by atoms with E-state index in [1.54, 1.807) is 23.1 Å². The molecule has 2 N–H and O–H groups in total. The predicted octanol–water partition coefficient (Wildman–Crippen LogP) is 4.10. The molecule has 1 aromatic carbocycles. The van der Waals surface area contributed by atoms with Crippen molar-refractivity contribution in [3.63, 3.8) is 0 Å². The third kappa shape index (κ3) is 2.87. The highest BCUT2D eigenvalue weighted by Gasteiger charge is 2.30. The summed E-state index contributed by atoms with van der Waals surface area (Å²) in [5.74, 6) is 0. The zero-order valence-electron chi connectivity index (χ0n) is 11.7. The number of hydrogen-bond donors (Lipinski definition) is 1. The molecular weight excluding hydrogens is 284 g/mol. The Hall–Kier alpha value is -0.970. The molecular formula is C16H20N2S2. The van der Waals surface area contributed by atoms with Gasteiger partial charge >= 0.3 is 0 Å². The van der Waals surface area contributed by atoms with Crippen LogP contribution in [0.4, 0.5) is 5.69 Å². The van der Waals surface area contributed by atoms with Gasteiger partial charge in [-0.1, -0.05) is 6.07 Å². The maximum Gasteiger partial charge on any atom is 0.0440 e. The Morgan fingerprint density at radius 1 is 1.35 bits per heavy atom. The molecule has 0 unspecified atom stereocenters. The molecule has 3 rings (SSSR count). The molecule has 0 bridgehead atoms. The summed E-state index contributed by atoms with van der Waals surface area (Å²) in [5, 5.41) is 4.40. The molecule has 0 spiro atoms. The second kappa shape index (κ2) is 6.20. The molecule has 4 heteroatoms. The van der Waals surface area contributed by atoms with Gasteiger partial charge in [-0.25, -0.2) is 0 Å². The van der Waals surface area contributed by atoms with E-state index < -0.39 is 0 Å². The van der Waals surface area contributed by atoms with Gasteiger partial charge < -0.3 is 10.6 Å². The molecule has 0 amide bonds.